The van der Waals surface area contributed by atoms with Crippen molar-refractivity contribution in [3.63, 3.8) is 0 Å². The lowest BCUT2D eigenvalue weighted by atomic mass is 9.86. The van der Waals surface area contributed by atoms with E-state index in [1.165, 1.54) is 0 Å². The lowest BCUT2D eigenvalue weighted by Gasteiger charge is -2.32. The highest BCUT2D eigenvalue weighted by atomic mass is 32.1. The minimum Gasteiger partial charge on any atom is -0.291 e. The molecule has 3 rings (SSSR count). The third-order valence-corrected chi connectivity index (χ3v) is 5.40. The van der Waals surface area contributed by atoms with Crippen LogP contribution in [0.15, 0.2) is 47.8 Å². The van der Waals surface area contributed by atoms with Gasteiger partial charge in [-0.2, -0.15) is 0 Å². The van der Waals surface area contributed by atoms with Crippen LogP contribution in [0.4, 0.5) is 4.79 Å². The molecule has 0 spiro atoms. The van der Waals surface area contributed by atoms with E-state index >= 15 is 0 Å². The van der Waals surface area contributed by atoms with Gasteiger partial charge in [-0.1, -0.05) is 57.2 Å². The van der Waals surface area contributed by atoms with Gasteiger partial charge in [0.15, 0.2) is 0 Å². The summed E-state index contributed by atoms with van der Waals surface area (Å²) in [6.07, 6.45) is 0. The average Bonchev–Trinajstić information content (AvgIpc) is 3.21. The maximum Gasteiger partial charge on any atom is 0.335 e. The first-order chi connectivity index (χ1) is 12.8. The number of thiophene rings is 1. The molecule has 1 saturated heterocycles. The van der Waals surface area contributed by atoms with E-state index in [1.807, 2.05) is 47.8 Å². The molecule has 4 amide bonds. The highest BCUT2D eigenvalue weighted by molar-refractivity contribution is 7.10. The number of rotatable bonds is 6. The molecule has 142 valence electrons. The monoisotopic (exact) mass is 385 g/mol. The van der Waals surface area contributed by atoms with E-state index in [1.54, 1.807) is 11.3 Å². The zero-order valence-corrected chi connectivity index (χ0v) is 16.5. The molecular formula is C20H23N3O3S. The lowest BCUT2D eigenvalue weighted by molar-refractivity contribution is -0.143. The van der Waals surface area contributed by atoms with Crippen molar-refractivity contribution in [2.75, 3.05) is 6.67 Å². The van der Waals surface area contributed by atoms with Gasteiger partial charge in [0.25, 0.3) is 0 Å². The fourth-order valence-electron chi connectivity index (χ4n) is 3.07. The van der Waals surface area contributed by atoms with Gasteiger partial charge in [-0.15, -0.1) is 11.3 Å². The van der Waals surface area contributed by atoms with Crippen LogP contribution in [0.5, 0.6) is 0 Å². The summed E-state index contributed by atoms with van der Waals surface area (Å²) < 4.78 is 0. The largest absolute Gasteiger partial charge is 0.335 e. The summed E-state index contributed by atoms with van der Waals surface area (Å²) in [5.74, 6) is -1.57. The second-order valence-corrected chi connectivity index (χ2v) is 8.55. The number of nitrogens with zero attached hydrogens (tertiary/aromatic N) is 2. The van der Waals surface area contributed by atoms with Gasteiger partial charge in [0, 0.05) is 10.9 Å². The highest BCUT2D eigenvalue weighted by Gasteiger charge is 2.44. The summed E-state index contributed by atoms with van der Waals surface area (Å²) >= 11 is 1.62. The number of carbonyl (C=O) groups is 3. The number of nitrogens with one attached hydrogen (secondary N) is 1. The third-order valence-electron chi connectivity index (χ3n) is 4.47. The number of hydrogen-bond donors (Lipinski definition) is 1. The van der Waals surface area contributed by atoms with Crippen molar-refractivity contribution >= 4 is 29.2 Å². The van der Waals surface area contributed by atoms with Crippen molar-refractivity contribution in [3.05, 3.63) is 58.3 Å². The molecule has 1 N–H and O–H groups in total. The third kappa shape index (κ3) is 4.09. The summed E-state index contributed by atoms with van der Waals surface area (Å²) in [5, 5.41) is 5.28. The van der Waals surface area contributed by atoms with Crippen LogP contribution in [0.25, 0.3) is 0 Å². The quantitative estimate of drug-likeness (QED) is 0.611. The fourth-order valence-corrected chi connectivity index (χ4v) is 4.11. The Balaban J connectivity index is 1.72. The predicted molar refractivity (Wildman–Crippen MR) is 104 cm³/mol. The number of imide groups is 2. The first-order valence-corrected chi connectivity index (χ1v) is 9.65. The van der Waals surface area contributed by atoms with Gasteiger partial charge >= 0.3 is 17.8 Å². The zero-order valence-electron chi connectivity index (χ0n) is 15.6. The molecular weight excluding hydrogens is 362 g/mol. The Labute approximate surface area is 162 Å². The molecule has 7 heteroatoms. The standard InChI is InChI=1S/C20H23N3O3S/c1-20(2,3)16(15-10-7-11-27-15)21-13-23-18(25)17(24)22(19(23)26)12-14-8-5-4-6-9-14/h4-11,16,21H,12-13H2,1-3H3. The van der Waals surface area contributed by atoms with Crippen LogP contribution in [0.1, 0.15) is 37.3 Å². The number of urea groups is 1. The van der Waals surface area contributed by atoms with Gasteiger partial charge in [-0.05, 0) is 22.4 Å². The fraction of sp³-hybridized carbons (Fsp3) is 0.350. The minimum atomic E-state index is -0.790. The molecule has 1 aromatic carbocycles. The zero-order chi connectivity index (χ0) is 19.6. The van der Waals surface area contributed by atoms with E-state index in [4.69, 9.17) is 0 Å². The molecule has 2 heterocycles. The van der Waals surface area contributed by atoms with E-state index in [2.05, 4.69) is 26.1 Å². The molecule has 1 unspecified atom stereocenters. The molecule has 1 atom stereocenters. The Morgan fingerprint density at radius 2 is 1.63 bits per heavy atom. The molecule has 1 fully saturated rings. The molecule has 6 nitrogen and oxygen atoms in total. The second-order valence-electron chi connectivity index (χ2n) is 7.57. The van der Waals surface area contributed by atoms with Gasteiger partial charge in [0.05, 0.1) is 13.2 Å². The van der Waals surface area contributed by atoms with E-state index in [0.29, 0.717) is 0 Å². The van der Waals surface area contributed by atoms with Crippen LogP contribution in [0, 0.1) is 5.41 Å². The molecule has 27 heavy (non-hydrogen) atoms. The number of benzene rings is 1. The Morgan fingerprint density at radius 1 is 0.963 bits per heavy atom. The van der Waals surface area contributed by atoms with Crippen molar-refractivity contribution in [2.45, 2.75) is 33.4 Å². The van der Waals surface area contributed by atoms with Crippen LogP contribution in [-0.2, 0) is 16.1 Å². The first-order valence-electron chi connectivity index (χ1n) is 8.77. The van der Waals surface area contributed by atoms with Crippen molar-refractivity contribution < 1.29 is 14.4 Å². The van der Waals surface area contributed by atoms with Crippen LogP contribution in [0.3, 0.4) is 0 Å². The molecule has 1 aliphatic rings. The summed E-state index contributed by atoms with van der Waals surface area (Å²) in [7, 11) is 0. The Hall–Kier alpha value is -2.51. The second kappa shape index (κ2) is 7.62. The molecule has 2 aromatic rings. The van der Waals surface area contributed by atoms with Gasteiger partial charge < -0.3 is 0 Å². The van der Waals surface area contributed by atoms with E-state index in [9.17, 15) is 14.4 Å². The Kier molecular flexibility index (Phi) is 5.43. The molecule has 0 radical (unpaired) electrons. The molecule has 1 aromatic heterocycles. The number of hydrogen-bond acceptors (Lipinski definition) is 5. The summed E-state index contributed by atoms with van der Waals surface area (Å²) in [6.45, 7) is 6.35. The highest BCUT2D eigenvalue weighted by Crippen LogP contribution is 2.35. The van der Waals surface area contributed by atoms with E-state index in [-0.39, 0.29) is 24.7 Å². The van der Waals surface area contributed by atoms with E-state index in [0.717, 1.165) is 20.2 Å². The Bertz CT molecular complexity index is 828. The Morgan fingerprint density at radius 3 is 2.22 bits per heavy atom. The summed E-state index contributed by atoms with van der Waals surface area (Å²) in [5.41, 5.74) is 0.678. The summed E-state index contributed by atoms with van der Waals surface area (Å²) in [6, 6.07) is 12.5. The smallest absolute Gasteiger partial charge is 0.291 e. The van der Waals surface area contributed by atoms with Crippen molar-refractivity contribution in [1.29, 1.82) is 0 Å². The van der Waals surface area contributed by atoms with Crippen molar-refractivity contribution in [3.8, 4) is 0 Å². The normalized spacial score (nSPS) is 16.3. The van der Waals surface area contributed by atoms with Gasteiger partial charge in [-0.3, -0.25) is 19.8 Å². The van der Waals surface area contributed by atoms with Gasteiger partial charge in [-0.25, -0.2) is 9.69 Å². The van der Waals surface area contributed by atoms with E-state index < -0.39 is 17.8 Å². The van der Waals surface area contributed by atoms with Crippen molar-refractivity contribution in [2.24, 2.45) is 5.41 Å². The van der Waals surface area contributed by atoms with Crippen LogP contribution in [0.2, 0.25) is 0 Å². The molecule has 1 aliphatic heterocycles. The minimum absolute atomic E-state index is 0.00542. The maximum absolute atomic E-state index is 12.7. The molecule has 0 bridgehead atoms. The number of amides is 4. The van der Waals surface area contributed by atoms with Gasteiger partial charge in [0.1, 0.15) is 0 Å². The van der Waals surface area contributed by atoms with Crippen LogP contribution in [-0.4, -0.2) is 34.3 Å². The SMILES string of the molecule is CC(C)(C)C(NCN1C(=O)C(=O)N(Cc2ccccc2)C1=O)c1cccs1. The van der Waals surface area contributed by atoms with Gasteiger partial charge in [0.2, 0.25) is 0 Å². The maximum atomic E-state index is 12.7. The van der Waals surface area contributed by atoms with Crippen molar-refractivity contribution in [1.82, 2.24) is 15.1 Å². The van der Waals surface area contributed by atoms with Crippen LogP contribution < -0.4 is 5.32 Å². The number of carbonyl (C=O) groups excluding carboxylic acids is 3. The summed E-state index contributed by atoms with van der Waals surface area (Å²) in [4.78, 5) is 40.4. The lowest BCUT2D eigenvalue weighted by Crippen LogP contribution is -2.43. The van der Waals surface area contributed by atoms with Crippen LogP contribution >= 0.6 is 11.3 Å². The average molecular weight is 385 g/mol. The predicted octanol–water partition coefficient (Wildman–Crippen LogP) is 3.37. The molecule has 0 aliphatic carbocycles. The topological polar surface area (TPSA) is 69.7 Å². The molecule has 0 saturated carbocycles. The first kappa shape index (κ1) is 19.3.